The van der Waals surface area contributed by atoms with E-state index < -0.39 is 60.1 Å². The number of aliphatic carboxylic acids is 1. The summed E-state index contributed by atoms with van der Waals surface area (Å²) in [5.74, 6) is -4.07. The van der Waals surface area contributed by atoms with Gasteiger partial charge in [0.25, 0.3) is 5.91 Å². The Labute approximate surface area is 360 Å². The molecule has 0 spiro atoms. The van der Waals surface area contributed by atoms with Gasteiger partial charge in [-0.25, -0.2) is 0 Å². The third kappa shape index (κ3) is 11.9. The van der Waals surface area contributed by atoms with Crippen LogP contribution in [0.1, 0.15) is 35.1 Å². The summed E-state index contributed by atoms with van der Waals surface area (Å²) in [4.78, 5) is 73.3. The first-order valence-corrected chi connectivity index (χ1v) is 20.7. The van der Waals surface area contributed by atoms with Crippen molar-refractivity contribution in [1.82, 2.24) is 20.9 Å². The number of hydrogen-bond acceptors (Lipinski definition) is 7. The first kappa shape index (κ1) is 42.7. The van der Waals surface area contributed by atoms with E-state index in [0.29, 0.717) is 17.7 Å². The molecule has 11 nitrogen and oxygen atoms in total. The quantitative estimate of drug-likeness (QED) is 0.113. The Kier molecular flexibility index (Phi) is 14.3. The molecule has 2 aliphatic rings. The summed E-state index contributed by atoms with van der Waals surface area (Å²) < 4.78 is 5.78. The number of carboxylic acids is 1. The lowest BCUT2D eigenvalue weighted by Crippen LogP contribution is -2.57. The molecule has 4 atom stereocenters. The van der Waals surface area contributed by atoms with Gasteiger partial charge in [0.1, 0.15) is 17.8 Å². The van der Waals surface area contributed by atoms with Crippen molar-refractivity contribution in [3.8, 4) is 28.0 Å². The van der Waals surface area contributed by atoms with Crippen LogP contribution in [0.5, 0.6) is 5.75 Å². The molecule has 1 aromatic heterocycles. The third-order valence-electron chi connectivity index (χ3n) is 11.0. The molecule has 0 fully saturated rings. The number of nitrogens with one attached hydrogen (secondary N) is 3. The second kappa shape index (κ2) is 20.7. The van der Waals surface area contributed by atoms with Crippen molar-refractivity contribution in [2.75, 3.05) is 6.61 Å². The number of Topliss-reactive ketones (excluding diaryl/α,β-unsaturated/α-hetero) is 1. The van der Waals surface area contributed by atoms with Crippen LogP contribution in [0.3, 0.4) is 0 Å². The lowest BCUT2D eigenvalue weighted by molar-refractivity contribution is -0.144. The molecule has 2 aliphatic heterocycles. The molecule has 3 heterocycles. The number of aryl methyl sites for hydroxylation is 1. The summed E-state index contributed by atoms with van der Waals surface area (Å²) in [5, 5.41) is 18.9. The molecule has 0 saturated heterocycles. The predicted octanol–water partition coefficient (Wildman–Crippen LogP) is 6.58. The van der Waals surface area contributed by atoms with Gasteiger partial charge < -0.3 is 25.8 Å². The molecule has 8 rings (SSSR count). The van der Waals surface area contributed by atoms with E-state index in [9.17, 15) is 29.1 Å². The average molecular weight is 829 g/mol. The minimum Gasteiger partial charge on any atom is -0.484 e. The van der Waals surface area contributed by atoms with Crippen molar-refractivity contribution >= 4 is 29.5 Å². The summed E-state index contributed by atoms with van der Waals surface area (Å²) in [6.45, 7) is -0.406. The van der Waals surface area contributed by atoms with Gasteiger partial charge in [0, 0.05) is 31.7 Å². The van der Waals surface area contributed by atoms with E-state index in [1.54, 1.807) is 36.7 Å². The molecule has 0 saturated carbocycles. The molecule has 2 bridgehead atoms. The minimum absolute atomic E-state index is 0.0579. The lowest BCUT2D eigenvalue weighted by atomic mass is 9.90. The monoisotopic (exact) mass is 828 g/mol. The van der Waals surface area contributed by atoms with E-state index in [0.717, 1.165) is 38.9 Å². The van der Waals surface area contributed by atoms with Crippen LogP contribution < -0.4 is 20.7 Å². The SMILES string of the molecule is O=C1COc2ccc(cc2)C[C@@H](C(=O)O)CC(=O)[C@@H](CCc2ccccc2)NC(=O)[C@H](Cc2ccc(-c3ccccc3)cc2)NC(=O)[C@@H](Cc2ccc(-c3ccncc3)cc2)N1. The Morgan fingerprint density at radius 2 is 1.08 bits per heavy atom. The fourth-order valence-corrected chi connectivity index (χ4v) is 7.57. The van der Waals surface area contributed by atoms with Crippen LogP contribution >= 0.6 is 0 Å². The molecular weight excluding hydrogens is 781 g/mol. The predicted molar refractivity (Wildman–Crippen MR) is 236 cm³/mol. The highest BCUT2D eigenvalue weighted by Crippen LogP contribution is 2.23. The average Bonchev–Trinajstić information content (AvgIpc) is 3.30. The maximum atomic E-state index is 14.5. The zero-order chi connectivity index (χ0) is 43.3. The van der Waals surface area contributed by atoms with E-state index in [-0.39, 0.29) is 32.1 Å². The first-order valence-electron chi connectivity index (χ1n) is 20.7. The molecule has 6 aromatic rings. The molecule has 5 aromatic carbocycles. The first-order chi connectivity index (χ1) is 30.2. The molecule has 3 amide bonds. The van der Waals surface area contributed by atoms with Crippen LogP contribution in [0, 0.1) is 5.92 Å². The van der Waals surface area contributed by atoms with Gasteiger partial charge in [-0.15, -0.1) is 0 Å². The van der Waals surface area contributed by atoms with Gasteiger partial charge in [0.2, 0.25) is 11.8 Å². The molecule has 0 aliphatic carbocycles. The van der Waals surface area contributed by atoms with Crippen molar-refractivity contribution < 1.29 is 33.8 Å². The standard InChI is InChI=1S/C51H48N4O7/c56-47-32-42(51(60)61)29-35-15-22-43(23-16-35)62-33-48(57)53-45(30-36-13-20-40(21-14-36)41-25-27-52-28-26-41)49(58)55-46(50(59)54-44(47)24-17-34-7-3-1-4-8-34)31-37-11-18-39(19-12-37)38-9-5-2-6-10-38/h1-16,18-23,25-28,42,44-46H,17,24,29-33H2,(H,53,57)(H,54,59)(H,55,58)(H,60,61)/t42-,44-,45-,46+/m1/s1. The van der Waals surface area contributed by atoms with Crippen LogP contribution in [0.25, 0.3) is 22.3 Å². The molecule has 0 radical (unpaired) electrons. The summed E-state index contributed by atoms with van der Waals surface area (Å²) in [6.07, 6.45) is 3.94. The number of nitrogens with zero attached hydrogens (tertiary/aromatic N) is 1. The number of amides is 3. The highest BCUT2D eigenvalue weighted by atomic mass is 16.5. The summed E-state index contributed by atoms with van der Waals surface area (Å²) >= 11 is 0. The number of hydrogen-bond donors (Lipinski definition) is 4. The van der Waals surface area contributed by atoms with Gasteiger partial charge in [-0.05, 0) is 88.0 Å². The number of fused-ring (bicyclic) bond motifs is 16. The second-order valence-electron chi connectivity index (χ2n) is 15.5. The largest absolute Gasteiger partial charge is 0.484 e. The smallest absolute Gasteiger partial charge is 0.307 e. The summed E-state index contributed by atoms with van der Waals surface area (Å²) in [6, 6.07) is 41.7. The van der Waals surface area contributed by atoms with Gasteiger partial charge >= 0.3 is 5.97 Å². The van der Waals surface area contributed by atoms with Gasteiger partial charge in [-0.3, -0.25) is 29.0 Å². The van der Waals surface area contributed by atoms with Gasteiger partial charge in [-0.1, -0.05) is 121 Å². The van der Waals surface area contributed by atoms with Crippen LogP contribution in [-0.2, 0) is 49.7 Å². The highest BCUT2D eigenvalue weighted by molar-refractivity contribution is 5.96. The number of carboxylic acid groups (broad SMARTS) is 1. The van der Waals surface area contributed by atoms with Crippen LogP contribution in [0.4, 0.5) is 0 Å². The van der Waals surface area contributed by atoms with Crippen LogP contribution in [0.2, 0.25) is 0 Å². The Hall–Kier alpha value is -7.40. The highest BCUT2D eigenvalue weighted by Gasteiger charge is 2.32. The number of ketones is 1. The summed E-state index contributed by atoms with van der Waals surface area (Å²) in [7, 11) is 0. The van der Waals surface area contributed by atoms with E-state index in [4.69, 9.17) is 4.74 Å². The second-order valence-corrected chi connectivity index (χ2v) is 15.5. The molecular formula is C51H48N4O7. The fraction of sp³-hybridized carbons (Fsp3) is 0.216. The van der Waals surface area contributed by atoms with Gasteiger partial charge in [0.05, 0.1) is 12.0 Å². The van der Waals surface area contributed by atoms with E-state index in [1.165, 1.54) is 0 Å². The third-order valence-corrected chi connectivity index (χ3v) is 11.0. The van der Waals surface area contributed by atoms with Crippen molar-refractivity contribution in [2.24, 2.45) is 5.92 Å². The van der Waals surface area contributed by atoms with Gasteiger partial charge in [-0.2, -0.15) is 0 Å². The zero-order valence-electron chi connectivity index (χ0n) is 34.1. The van der Waals surface area contributed by atoms with Crippen LogP contribution in [-0.4, -0.2) is 64.3 Å². The maximum absolute atomic E-state index is 14.5. The maximum Gasteiger partial charge on any atom is 0.307 e. The lowest BCUT2D eigenvalue weighted by Gasteiger charge is -2.26. The van der Waals surface area contributed by atoms with Gasteiger partial charge in [0.15, 0.2) is 12.4 Å². The van der Waals surface area contributed by atoms with Crippen LogP contribution in [0.15, 0.2) is 158 Å². The minimum atomic E-state index is -1.19. The number of rotatable bonds is 10. The molecule has 0 unspecified atom stereocenters. The fourth-order valence-electron chi connectivity index (χ4n) is 7.57. The number of carbonyl (C=O) groups is 5. The van der Waals surface area contributed by atoms with E-state index >= 15 is 0 Å². The Morgan fingerprint density at radius 3 is 1.66 bits per heavy atom. The molecule has 4 N–H and O–H groups in total. The zero-order valence-corrected chi connectivity index (χ0v) is 34.1. The number of ether oxygens (including phenoxy) is 1. The normalized spacial score (nSPS) is 18.8. The van der Waals surface area contributed by atoms with E-state index in [1.807, 2.05) is 121 Å². The number of carbonyl (C=O) groups excluding carboxylic acids is 4. The number of aromatic nitrogens is 1. The number of benzene rings is 5. The van der Waals surface area contributed by atoms with Crippen molar-refractivity contribution in [3.63, 3.8) is 0 Å². The van der Waals surface area contributed by atoms with Crippen molar-refractivity contribution in [2.45, 2.75) is 56.7 Å². The molecule has 11 heteroatoms. The molecule has 314 valence electrons. The molecule has 62 heavy (non-hydrogen) atoms. The number of pyridine rings is 1. The van der Waals surface area contributed by atoms with Crippen molar-refractivity contribution in [1.29, 1.82) is 0 Å². The topological polar surface area (TPSA) is 164 Å². The Bertz CT molecular complexity index is 2450. The van der Waals surface area contributed by atoms with Crippen molar-refractivity contribution in [3.05, 3.63) is 180 Å². The Morgan fingerprint density at radius 1 is 0.565 bits per heavy atom. The van der Waals surface area contributed by atoms with E-state index in [2.05, 4.69) is 20.9 Å². The summed E-state index contributed by atoms with van der Waals surface area (Å²) in [5.41, 5.74) is 7.01. The Balaban J connectivity index is 1.21.